The first-order valence-electron chi connectivity index (χ1n) is 7.23. The van der Waals surface area contributed by atoms with Crippen molar-refractivity contribution in [3.05, 3.63) is 41.5 Å². The second-order valence-electron chi connectivity index (χ2n) is 5.25. The third-order valence-corrected chi connectivity index (χ3v) is 3.69. The van der Waals surface area contributed by atoms with Crippen molar-refractivity contribution in [3.8, 4) is 0 Å². The molecule has 114 valence electrons. The van der Waals surface area contributed by atoms with E-state index >= 15 is 0 Å². The Balaban J connectivity index is 1.82. The van der Waals surface area contributed by atoms with Crippen LogP contribution in [-0.2, 0) is 11.3 Å². The molecule has 0 unspecified atom stereocenters. The van der Waals surface area contributed by atoms with Crippen LogP contribution < -0.4 is 0 Å². The van der Waals surface area contributed by atoms with Crippen LogP contribution in [0.1, 0.15) is 11.1 Å². The van der Waals surface area contributed by atoms with Crippen LogP contribution in [0.15, 0.2) is 30.3 Å². The lowest BCUT2D eigenvalue weighted by Crippen LogP contribution is -2.46. The van der Waals surface area contributed by atoms with Crippen LogP contribution in [-0.4, -0.2) is 65.3 Å². The average molecular weight is 290 g/mol. The van der Waals surface area contributed by atoms with Crippen LogP contribution in [0.5, 0.6) is 0 Å². The molecule has 1 aromatic rings. The molecule has 1 heterocycles. The molecule has 1 aromatic carbocycles. The van der Waals surface area contributed by atoms with Crippen molar-refractivity contribution in [1.29, 1.82) is 0 Å². The molecular formula is C16H22N2O3. The van der Waals surface area contributed by atoms with Crippen LogP contribution in [0.2, 0.25) is 0 Å². The number of aliphatic carboxylic acids is 1. The maximum absolute atomic E-state index is 10.5. The first-order valence-corrected chi connectivity index (χ1v) is 7.23. The highest BCUT2D eigenvalue weighted by atomic mass is 16.4. The van der Waals surface area contributed by atoms with Gasteiger partial charge in [-0.25, -0.2) is 4.79 Å². The fourth-order valence-corrected chi connectivity index (χ4v) is 2.47. The Morgan fingerprint density at radius 1 is 1.10 bits per heavy atom. The quantitative estimate of drug-likeness (QED) is 0.762. The van der Waals surface area contributed by atoms with Crippen molar-refractivity contribution in [2.24, 2.45) is 0 Å². The molecule has 0 atom stereocenters. The van der Waals surface area contributed by atoms with Gasteiger partial charge in [-0.3, -0.25) is 9.80 Å². The third-order valence-electron chi connectivity index (χ3n) is 3.69. The van der Waals surface area contributed by atoms with Crippen molar-refractivity contribution in [3.63, 3.8) is 0 Å². The van der Waals surface area contributed by atoms with Crippen molar-refractivity contribution in [2.75, 3.05) is 39.3 Å². The molecule has 0 bridgehead atoms. The van der Waals surface area contributed by atoms with Gasteiger partial charge in [-0.15, -0.1) is 0 Å². The number of carbonyl (C=O) groups is 1. The summed E-state index contributed by atoms with van der Waals surface area (Å²) in [5, 5.41) is 17.5. The SMILES string of the molecule is O=C(O)C=Cc1ccc(CN2CCN(CCO)CC2)cc1. The summed E-state index contributed by atoms with van der Waals surface area (Å²) in [6.45, 7) is 5.93. The summed E-state index contributed by atoms with van der Waals surface area (Å²) in [6.07, 6.45) is 2.75. The number of carboxylic acid groups (broad SMARTS) is 1. The van der Waals surface area contributed by atoms with Crippen molar-refractivity contribution in [2.45, 2.75) is 6.54 Å². The molecule has 0 saturated carbocycles. The smallest absolute Gasteiger partial charge is 0.328 e. The number of carboxylic acids is 1. The lowest BCUT2D eigenvalue weighted by Gasteiger charge is -2.34. The van der Waals surface area contributed by atoms with Gasteiger partial charge in [0.1, 0.15) is 0 Å². The predicted molar refractivity (Wildman–Crippen MR) is 81.9 cm³/mol. The summed E-state index contributed by atoms with van der Waals surface area (Å²) in [5.74, 6) is -0.931. The van der Waals surface area contributed by atoms with Gasteiger partial charge in [0.15, 0.2) is 0 Å². The number of nitrogens with zero attached hydrogens (tertiary/aromatic N) is 2. The third kappa shape index (κ3) is 5.30. The average Bonchev–Trinajstić information content (AvgIpc) is 2.49. The molecule has 1 fully saturated rings. The largest absolute Gasteiger partial charge is 0.478 e. The molecule has 0 radical (unpaired) electrons. The number of benzene rings is 1. The normalized spacial score (nSPS) is 17.4. The number of aliphatic hydroxyl groups excluding tert-OH is 1. The molecule has 1 saturated heterocycles. The number of hydrogen-bond acceptors (Lipinski definition) is 4. The van der Waals surface area contributed by atoms with E-state index < -0.39 is 5.97 Å². The molecular weight excluding hydrogens is 268 g/mol. The van der Waals surface area contributed by atoms with E-state index in [1.165, 1.54) is 5.56 Å². The number of piperazine rings is 1. The number of hydrogen-bond donors (Lipinski definition) is 2. The van der Waals surface area contributed by atoms with Gasteiger partial charge in [0.2, 0.25) is 0 Å². The van der Waals surface area contributed by atoms with Crippen molar-refractivity contribution in [1.82, 2.24) is 9.80 Å². The molecule has 21 heavy (non-hydrogen) atoms. The van der Waals surface area contributed by atoms with Crippen LogP contribution in [0.4, 0.5) is 0 Å². The molecule has 1 aliphatic rings. The second kappa shape index (κ2) is 7.93. The van der Waals surface area contributed by atoms with E-state index in [9.17, 15) is 4.79 Å². The van der Waals surface area contributed by atoms with Gasteiger partial charge < -0.3 is 10.2 Å². The molecule has 5 heteroatoms. The topological polar surface area (TPSA) is 64.0 Å². The summed E-state index contributed by atoms with van der Waals surface area (Å²) < 4.78 is 0. The Morgan fingerprint density at radius 3 is 2.29 bits per heavy atom. The zero-order valence-electron chi connectivity index (χ0n) is 12.1. The summed E-state index contributed by atoms with van der Waals surface area (Å²) in [4.78, 5) is 15.1. The van der Waals surface area contributed by atoms with E-state index in [1.54, 1.807) is 6.08 Å². The molecule has 0 amide bonds. The highest BCUT2D eigenvalue weighted by molar-refractivity contribution is 5.85. The van der Waals surface area contributed by atoms with E-state index in [2.05, 4.69) is 9.80 Å². The Labute approximate surface area is 125 Å². The highest BCUT2D eigenvalue weighted by Crippen LogP contribution is 2.11. The van der Waals surface area contributed by atoms with Crippen LogP contribution in [0.3, 0.4) is 0 Å². The second-order valence-corrected chi connectivity index (χ2v) is 5.25. The number of rotatable bonds is 6. The zero-order valence-corrected chi connectivity index (χ0v) is 12.1. The van der Waals surface area contributed by atoms with Crippen molar-refractivity contribution >= 4 is 12.0 Å². The standard InChI is InChI=1S/C16H22N2O3/c19-12-11-17-7-9-18(10-8-17)13-15-3-1-14(2-4-15)5-6-16(20)21/h1-6,19H,7-13H2,(H,20,21). The summed E-state index contributed by atoms with van der Waals surface area (Å²) in [7, 11) is 0. The van der Waals surface area contributed by atoms with Gasteiger partial charge in [-0.05, 0) is 17.2 Å². The van der Waals surface area contributed by atoms with Gasteiger partial charge >= 0.3 is 5.97 Å². The highest BCUT2D eigenvalue weighted by Gasteiger charge is 2.16. The summed E-state index contributed by atoms with van der Waals surface area (Å²) >= 11 is 0. The zero-order chi connectivity index (χ0) is 15.1. The van der Waals surface area contributed by atoms with Gasteiger partial charge in [0.25, 0.3) is 0 Å². The molecule has 2 rings (SSSR count). The first kappa shape index (κ1) is 15.7. The maximum Gasteiger partial charge on any atom is 0.328 e. The monoisotopic (exact) mass is 290 g/mol. The fourth-order valence-electron chi connectivity index (χ4n) is 2.47. The lowest BCUT2D eigenvalue weighted by atomic mass is 10.1. The van der Waals surface area contributed by atoms with E-state index in [0.29, 0.717) is 0 Å². The van der Waals surface area contributed by atoms with E-state index in [0.717, 1.165) is 50.9 Å². The van der Waals surface area contributed by atoms with Gasteiger partial charge in [0, 0.05) is 45.3 Å². The fraction of sp³-hybridized carbons (Fsp3) is 0.438. The predicted octanol–water partition coefficient (Wildman–Crippen LogP) is 0.894. The maximum atomic E-state index is 10.5. The minimum absolute atomic E-state index is 0.228. The summed E-state index contributed by atoms with van der Waals surface area (Å²) in [6, 6.07) is 7.97. The molecule has 2 N–H and O–H groups in total. The molecule has 0 aromatic heterocycles. The molecule has 5 nitrogen and oxygen atoms in total. The van der Waals surface area contributed by atoms with Crippen molar-refractivity contribution < 1.29 is 15.0 Å². The van der Waals surface area contributed by atoms with Gasteiger partial charge in [-0.2, -0.15) is 0 Å². The first-order chi connectivity index (χ1) is 10.2. The molecule has 0 aliphatic carbocycles. The Hall–Kier alpha value is -1.69. The molecule has 1 aliphatic heterocycles. The van der Waals surface area contributed by atoms with E-state index in [-0.39, 0.29) is 6.61 Å². The van der Waals surface area contributed by atoms with Crippen LogP contribution in [0.25, 0.3) is 6.08 Å². The van der Waals surface area contributed by atoms with Gasteiger partial charge in [0.05, 0.1) is 6.61 Å². The summed E-state index contributed by atoms with van der Waals surface area (Å²) in [5.41, 5.74) is 2.13. The Bertz CT molecular complexity index is 477. The minimum Gasteiger partial charge on any atom is -0.478 e. The minimum atomic E-state index is -0.931. The number of aliphatic hydroxyl groups is 1. The lowest BCUT2D eigenvalue weighted by molar-refractivity contribution is -0.131. The van der Waals surface area contributed by atoms with E-state index in [4.69, 9.17) is 10.2 Å². The molecule has 0 spiro atoms. The van der Waals surface area contributed by atoms with Crippen LogP contribution >= 0.6 is 0 Å². The van der Waals surface area contributed by atoms with E-state index in [1.807, 2.05) is 24.3 Å². The number of β-amino-alcohol motifs (C(OH)–C–C–N with tert-alkyl or cyclic N) is 1. The Kier molecular flexibility index (Phi) is 5.92. The van der Waals surface area contributed by atoms with Gasteiger partial charge in [-0.1, -0.05) is 24.3 Å². The Morgan fingerprint density at radius 2 is 1.71 bits per heavy atom. The van der Waals surface area contributed by atoms with Crippen LogP contribution in [0, 0.1) is 0 Å².